The van der Waals surface area contributed by atoms with Gasteiger partial charge in [0.2, 0.25) is 0 Å². The predicted octanol–water partition coefficient (Wildman–Crippen LogP) is 2.97. The average Bonchev–Trinajstić information content (AvgIpc) is 3.27. The van der Waals surface area contributed by atoms with Gasteiger partial charge >= 0.3 is 5.69 Å². The van der Waals surface area contributed by atoms with Crippen molar-refractivity contribution in [2.45, 2.75) is 56.1 Å². The Kier molecular flexibility index (Phi) is 11.0. The second kappa shape index (κ2) is 14.6. The fraction of sp³-hybridized carbons (Fsp3) is 0.448. The van der Waals surface area contributed by atoms with Gasteiger partial charge in [0.1, 0.15) is 24.3 Å². The molecule has 4 rings (SSSR count). The van der Waals surface area contributed by atoms with Gasteiger partial charge in [-0.3, -0.25) is 9.36 Å². The highest BCUT2D eigenvalue weighted by atomic mass is 32.2. The number of hydrogen-bond acceptors (Lipinski definition) is 8. The first-order valence-electron chi connectivity index (χ1n) is 13.1. The van der Waals surface area contributed by atoms with Crippen molar-refractivity contribution in [3.63, 3.8) is 0 Å². The zero-order chi connectivity index (χ0) is 27.6. The van der Waals surface area contributed by atoms with Gasteiger partial charge in [-0.15, -0.1) is 11.8 Å². The minimum absolute atomic E-state index is 0.195. The van der Waals surface area contributed by atoms with Crippen molar-refractivity contribution in [2.75, 3.05) is 26.9 Å². The fourth-order valence-electron chi connectivity index (χ4n) is 4.44. The van der Waals surface area contributed by atoms with E-state index in [1.165, 1.54) is 16.3 Å². The van der Waals surface area contributed by atoms with E-state index in [1.807, 2.05) is 67.6 Å². The lowest BCUT2D eigenvalue weighted by atomic mass is 10.1. The Labute approximate surface area is 232 Å². The molecule has 0 spiro atoms. The highest BCUT2D eigenvalue weighted by Gasteiger charge is 2.46. The van der Waals surface area contributed by atoms with Gasteiger partial charge in [-0.2, -0.15) is 0 Å². The van der Waals surface area contributed by atoms with Gasteiger partial charge in [0.25, 0.3) is 5.56 Å². The van der Waals surface area contributed by atoms with Crippen LogP contribution < -0.4 is 11.2 Å². The normalized spacial score (nSPS) is 20.9. The summed E-state index contributed by atoms with van der Waals surface area (Å²) in [5, 5.41) is 10.6. The van der Waals surface area contributed by atoms with E-state index in [2.05, 4.69) is 0 Å². The first-order valence-corrected chi connectivity index (χ1v) is 14.0. The van der Waals surface area contributed by atoms with Crippen LogP contribution in [0.3, 0.4) is 0 Å². The standard InChI is InChI=1S/C29H36N2O7S/c1-3-23-16-30(29(34)31(27(23)33)20-36-15-14-35-2)28-25(32)26(38-18-22-12-8-5-9-13-22)24(39-28)19-37-17-21-10-6-4-7-11-21/h4-13,16,24-26,28,32H,3,14-15,17-20H2,1-2H3/t24-,25+,26-,28+/m1/s1. The van der Waals surface area contributed by atoms with E-state index < -0.39 is 28.8 Å². The minimum Gasteiger partial charge on any atom is -0.387 e. The van der Waals surface area contributed by atoms with Gasteiger partial charge < -0.3 is 24.1 Å². The van der Waals surface area contributed by atoms with E-state index in [0.717, 1.165) is 15.7 Å². The van der Waals surface area contributed by atoms with Gasteiger partial charge in [-0.25, -0.2) is 9.36 Å². The number of nitrogens with zero attached hydrogens (tertiary/aromatic N) is 2. The van der Waals surface area contributed by atoms with Crippen molar-refractivity contribution in [3.8, 4) is 0 Å². The molecule has 1 saturated heterocycles. The zero-order valence-electron chi connectivity index (χ0n) is 22.3. The lowest BCUT2D eigenvalue weighted by Gasteiger charge is -2.23. The van der Waals surface area contributed by atoms with Crippen molar-refractivity contribution >= 4 is 11.8 Å². The van der Waals surface area contributed by atoms with E-state index in [4.69, 9.17) is 18.9 Å². The molecule has 0 radical (unpaired) electrons. The maximum atomic E-state index is 13.5. The number of benzene rings is 2. The molecular formula is C29H36N2O7S. The monoisotopic (exact) mass is 556 g/mol. The summed E-state index contributed by atoms with van der Waals surface area (Å²) in [5.41, 5.74) is 1.55. The Hall–Kier alpha value is -2.73. The second-order valence-corrected chi connectivity index (χ2v) is 10.6. The molecule has 2 heterocycles. The number of rotatable bonds is 14. The lowest BCUT2D eigenvalue weighted by Crippen LogP contribution is -2.45. The summed E-state index contributed by atoms with van der Waals surface area (Å²) >= 11 is 1.42. The van der Waals surface area contributed by atoms with Crippen LogP contribution in [0.5, 0.6) is 0 Å². The van der Waals surface area contributed by atoms with Gasteiger partial charge in [0.05, 0.1) is 38.3 Å². The summed E-state index contributed by atoms with van der Waals surface area (Å²) in [4.78, 5) is 26.4. The first-order chi connectivity index (χ1) is 19.0. The highest BCUT2D eigenvalue weighted by molar-refractivity contribution is 8.00. The van der Waals surface area contributed by atoms with Gasteiger partial charge in [-0.1, -0.05) is 67.6 Å². The van der Waals surface area contributed by atoms with Gasteiger partial charge in [-0.05, 0) is 17.5 Å². The molecule has 210 valence electrons. The van der Waals surface area contributed by atoms with E-state index in [-0.39, 0.29) is 18.6 Å². The molecule has 0 aliphatic carbocycles. The quantitative estimate of drug-likeness (QED) is 0.303. The van der Waals surface area contributed by atoms with E-state index in [1.54, 1.807) is 13.3 Å². The smallest absolute Gasteiger partial charge is 0.333 e. The van der Waals surface area contributed by atoms with Crippen molar-refractivity contribution < 1.29 is 24.1 Å². The molecule has 0 saturated carbocycles. The van der Waals surface area contributed by atoms with Crippen molar-refractivity contribution in [2.24, 2.45) is 0 Å². The van der Waals surface area contributed by atoms with Crippen LogP contribution in [0, 0.1) is 0 Å². The van der Waals surface area contributed by atoms with Crippen LogP contribution in [-0.2, 0) is 45.3 Å². The largest absolute Gasteiger partial charge is 0.387 e. The lowest BCUT2D eigenvalue weighted by molar-refractivity contribution is -0.0556. The fourth-order valence-corrected chi connectivity index (χ4v) is 5.96. The Balaban J connectivity index is 1.57. The molecule has 1 aliphatic heterocycles. The van der Waals surface area contributed by atoms with E-state index in [9.17, 15) is 14.7 Å². The van der Waals surface area contributed by atoms with Crippen LogP contribution in [0.1, 0.15) is 29.0 Å². The highest BCUT2D eigenvalue weighted by Crippen LogP contribution is 2.43. The topological polar surface area (TPSA) is 101 Å². The van der Waals surface area contributed by atoms with Crippen LogP contribution in [0.4, 0.5) is 0 Å². The molecular weight excluding hydrogens is 520 g/mol. The predicted molar refractivity (Wildman–Crippen MR) is 150 cm³/mol. The summed E-state index contributed by atoms with van der Waals surface area (Å²) in [6.45, 7) is 3.31. The number of ether oxygens (including phenoxy) is 4. The zero-order valence-corrected chi connectivity index (χ0v) is 23.1. The van der Waals surface area contributed by atoms with E-state index in [0.29, 0.717) is 38.4 Å². The first kappa shape index (κ1) is 29.3. The van der Waals surface area contributed by atoms with Gasteiger partial charge in [0, 0.05) is 18.9 Å². The molecule has 9 nitrogen and oxygen atoms in total. The number of thioether (sulfide) groups is 1. The molecule has 10 heteroatoms. The molecule has 3 aromatic rings. The van der Waals surface area contributed by atoms with Crippen LogP contribution in [0.25, 0.3) is 0 Å². The minimum atomic E-state index is -1.01. The molecule has 1 N–H and O–H groups in total. The summed E-state index contributed by atoms with van der Waals surface area (Å²) in [7, 11) is 1.55. The van der Waals surface area contributed by atoms with Crippen molar-refractivity contribution in [3.05, 3.63) is 104 Å². The van der Waals surface area contributed by atoms with Crippen molar-refractivity contribution in [1.82, 2.24) is 9.13 Å². The molecule has 0 amide bonds. The average molecular weight is 557 g/mol. The molecule has 0 bridgehead atoms. The van der Waals surface area contributed by atoms with Crippen LogP contribution in [0.2, 0.25) is 0 Å². The summed E-state index contributed by atoms with van der Waals surface area (Å²) < 4.78 is 25.3. The van der Waals surface area contributed by atoms with Crippen LogP contribution >= 0.6 is 11.8 Å². The second-order valence-electron chi connectivity index (χ2n) is 9.28. The number of hydrogen-bond donors (Lipinski definition) is 1. The van der Waals surface area contributed by atoms with E-state index >= 15 is 0 Å². The Morgan fingerprint density at radius 3 is 2.23 bits per heavy atom. The van der Waals surface area contributed by atoms with Crippen molar-refractivity contribution in [1.29, 1.82) is 0 Å². The van der Waals surface area contributed by atoms with Crippen LogP contribution in [0.15, 0.2) is 76.4 Å². The third-order valence-electron chi connectivity index (χ3n) is 6.56. The number of aryl methyl sites for hydroxylation is 1. The summed E-state index contributed by atoms with van der Waals surface area (Å²) in [6, 6.07) is 19.6. The summed E-state index contributed by atoms with van der Waals surface area (Å²) in [6.07, 6.45) is 0.388. The molecule has 4 atom stereocenters. The molecule has 1 aromatic heterocycles. The maximum absolute atomic E-state index is 13.5. The number of aromatic nitrogens is 2. The molecule has 1 fully saturated rings. The third-order valence-corrected chi connectivity index (χ3v) is 8.10. The SMILES string of the molecule is CCc1cn([C@H]2S[C@H](COCc3ccccc3)[C@@H](OCc3ccccc3)[C@@H]2O)c(=O)n(COCCOC)c1=O. The molecule has 39 heavy (non-hydrogen) atoms. The maximum Gasteiger partial charge on any atom is 0.333 e. The Morgan fingerprint density at radius 1 is 0.923 bits per heavy atom. The Morgan fingerprint density at radius 2 is 1.59 bits per heavy atom. The molecule has 0 unspecified atom stereocenters. The summed E-state index contributed by atoms with van der Waals surface area (Å²) in [5.74, 6) is 0. The number of methoxy groups -OCH3 is 1. The van der Waals surface area contributed by atoms with Gasteiger partial charge in [0.15, 0.2) is 0 Å². The molecule has 2 aromatic carbocycles. The van der Waals surface area contributed by atoms with Crippen LogP contribution in [-0.4, -0.2) is 58.6 Å². The Bertz CT molecular complexity index is 1280. The third kappa shape index (κ3) is 7.47. The molecule has 1 aliphatic rings. The number of aliphatic hydroxyl groups is 1. The number of aliphatic hydroxyl groups excluding tert-OH is 1.